The zero-order valence-corrected chi connectivity index (χ0v) is 15.6. The zero-order chi connectivity index (χ0) is 19.4. The highest BCUT2D eigenvalue weighted by Gasteiger charge is 2.11. The fourth-order valence-electron chi connectivity index (χ4n) is 2.56. The fraction of sp³-hybridized carbons (Fsp3) is 0.526. The number of ether oxygens (including phenoxy) is 2. The molecule has 1 aromatic carbocycles. The average molecular weight is 365 g/mol. The second-order valence-electron chi connectivity index (χ2n) is 5.96. The molecule has 0 amide bonds. The van der Waals surface area contributed by atoms with Crippen LogP contribution >= 0.6 is 0 Å². The number of nitrogens with zero attached hydrogens (tertiary/aromatic N) is 1. The average Bonchev–Trinajstić information content (AvgIpc) is 2.62. The van der Waals surface area contributed by atoms with Gasteiger partial charge in [-0.25, -0.2) is 4.79 Å². The third-order valence-corrected chi connectivity index (χ3v) is 3.90. The van der Waals surface area contributed by atoms with E-state index in [0.29, 0.717) is 18.8 Å². The van der Waals surface area contributed by atoms with E-state index >= 15 is 0 Å². The maximum atomic E-state index is 11.7. The van der Waals surface area contributed by atoms with Crippen LogP contribution in [0.4, 0.5) is 0 Å². The van der Waals surface area contributed by atoms with Gasteiger partial charge in [0.1, 0.15) is 5.75 Å². The third-order valence-electron chi connectivity index (χ3n) is 3.90. The Kier molecular flexibility index (Phi) is 9.82. The molecule has 7 heteroatoms. The standard InChI is InChI=1S/C19H27NO6/c1-4-7-15(2)17-10-8-16(14-18(17)24-3)9-11-19(21)25-12-5-6-13-26-20(22)23/h8-11,14-15H,4-7,12-13H2,1-3H3/b11-9+. The maximum absolute atomic E-state index is 11.7. The molecule has 1 rings (SSSR count). The monoisotopic (exact) mass is 365 g/mol. The van der Waals surface area contributed by atoms with Gasteiger partial charge in [-0.1, -0.05) is 32.4 Å². The Hall–Kier alpha value is -2.57. The number of carbonyl (C=O) groups excluding carboxylic acids is 1. The van der Waals surface area contributed by atoms with Gasteiger partial charge in [-0.15, -0.1) is 10.1 Å². The van der Waals surface area contributed by atoms with Gasteiger partial charge in [0.15, 0.2) is 0 Å². The molecule has 0 spiro atoms. The molecule has 26 heavy (non-hydrogen) atoms. The SMILES string of the molecule is CCCC(C)c1ccc(/C=C/C(=O)OCCCCO[N+](=O)[O-])cc1OC. The fourth-order valence-corrected chi connectivity index (χ4v) is 2.56. The molecule has 0 saturated heterocycles. The predicted molar refractivity (Wildman–Crippen MR) is 98.5 cm³/mol. The second-order valence-corrected chi connectivity index (χ2v) is 5.96. The van der Waals surface area contributed by atoms with Gasteiger partial charge >= 0.3 is 5.97 Å². The summed E-state index contributed by atoms with van der Waals surface area (Å²) in [5, 5.41) is 9.14. The van der Waals surface area contributed by atoms with E-state index in [1.807, 2.05) is 18.2 Å². The summed E-state index contributed by atoms with van der Waals surface area (Å²) >= 11 is 0. The quantitative estimate of drug-likeness (QED) is 0.182. The van der Waals surface area contributed by atoms with Crippen LogP contribution < -0.4 is 4.74 Å². The van der Waals surface area contributed by atoms with Crippen LogP contribution in [0.1, 0.15) is 56.6 Å². The van der Waals surface area contributed by atoms with Crippen molar-refractivity contribution in [2.75, 3.05) is 20.3 Å². The molecule has 0 fully saturated rings. The van der Waals surface area contributed by atoms with Crippen molar-refractivity contribution in [3.63, 3.8) is 0 Å². The van der Waals surface area contributed by atoms with E-state index < -0.39 is 11.1 Å². The number of carbonyl (C=O) groups is 1. The van der Waals surface area contributed by atoms with Gasteiger partial charge in [-0.05, 0) is 48.4 Å². The van der Waals surface area contributed by atoms with Gasteiger partial charge < -0.3 is 14.3 Å². The Morgan fingerprint density at radius 1 is 1.31 bits per heavy atom. The first-order valence-corrected chi connectivity index (χ1v) is 8.78. The summed E-state index contributed by atoms with van der Waals surface area (Å²) in [7, 11) is 1.64. The van der Waals surface area contributed by atoms with Crippen LogP contribution in [0.5, 0.6) is 5.75 Å². The molecule has 1 aromatic rings. The first kappa shape index (κ1) is 21.5. The minimum atomic E-state index is -0.836. The van der Waals surface area contributed by atoms with E-state index in [9.17, 15) is 14.9 Å². The number of hydrogen-bond donors (Lipinski definition) is 0. The Morgan fingerprint density at radius 2 is 2.04 bits per heavy atom. The molecular formula is C19H27NO6. The Morgan fingerprint density at radius 3 is 2.69 bits per heavy atom. The van der Waals surface area contributed by atoms with Gasteiger partial charge in [-0.2, -0.15) is 0 Å². The molecule has 0 heterocycles. The molecule has 1 atom stereocenters. The minimum Gasteiger partial charge on any atom is -0.496 e. The number of methoxy groups -OCH3 is 1. The van der Waals surface area contributed by atoms with Crippen molar-refractivity contribution in [3.8, 4) is 5.75 Å². The van der Waals surface area contributed by atoms with E-state index in [4.69, 9.17) is 9.47 Å². The first-order valence-electron chi connectivity index (χ1n) is 8.78. The van der Waals surface area contributed by atoms with Crippen molar-refractivity contribution in [2.24, 2.45) is 0 Å². The van der Waals surface area contributed by atoms with Crippen LogP contribution in [0.25, 0.3) is 6.08 Å². The maximum Gasteiger partial charge on any atom is 0.330 e. The van der Waals surface area contributed by atoms with Crippen molar-refractivity contribution in [3.05, 3.63) is 45.5 Å². The summed E-state index contributed by atoms with van der Waals surface area (Å²) in [5.74, 6) is 0.770. The molecule has 0 bridgehead atoms. The summed E-state index contributed by atoms with van der Waals surface area (Å²) in [5.41, 5.74) is 2.01. The molecule has 7 nitrogen and oxygen atoms in total. The molecule has 0 aliphatic rings. The second kappa shape index (κ2) is 11.9. The lowest BCUT2D eigenvalue weighted by Gasteiger charge is -2.15. The van der Waals surface area contributed by atoms with Crippen LogP contribution in [0.3, 0.4) is 0 Å². The molecule has 0 N–H and O–H groups in total. The number of unbranched alkanes of at least 4 members (excludes halogenated alkanes) is 1. The van der Waals surface area contributed by atoms with Crippen LogP contribution in [0.2, 0.25) is 0 Å². The van der Waals surface area contributed by atoms with Crippen molar-refractivity contribution in [1.29, 1.82) is 0 Å². The van der Waals surface area contributed by atoms with E-state index in [-0.39, 0.29) is 13.2 Å². The van der Waals surface area contributed by atoms with Gasteiger partial charge in [0.05, 0.1) is 20.3 Å². The topological polar surface area (TPSA) is 87.9 Å². The molecule has 0 aromatic heterocycles. The van der Waals surface area contributed by atoms with Gasteiger partial charge in [0.25, 0.3) is 5.09 Å². The molecule has 1 unspecified atom stereocenters. The molecule has 0 radical (unpaired) electrons. The molecule has 0 saturated carbocycles. The molecular weight excluding hydrogens is 338 g/mol. The van der Waals surface area contributed by atoms with Crippen LogP contribution in [0.15, 0.2) is 24.3 Å². The van der Waals surface area contributed by atoms with Crippen molar-refractivity contribution < 1.29 is 24.2 Å². The lowest BCUT2D eigenvalue weighted by atomic mass is 9.94. The van der Waals surface area contributed by atoms with E-state index in [0.717, 1.165) is 29.7 Å². The minimum absolute atomic E-state index is 0.00296. The lowest BCUT2D eigenvalue weighted by molar-refractivity contribution is -0.757. The van der Waals surface area contributed by atoms with Crippen LogP contribution in [-0.4, -0.2) is 31.4 Å². The zero-order valence-electron chi connectivity index (χ0n) is 15.6. The van der Waals surface area contributed by atoms with Crippen molar-refractivity contribution in [2.45, 2.75) is 45.4 Å². The van der Waals surface area contributed by atoms with Crippen LogP contribution in [-0.2, 0) is 14.4 Å². The van der Waals surface area contributed by atoms with Crippen molar-refractivity contribution in [1.82, 2.24) is 0 Å². The highest BCUT2D eigenvalue weighted by atomic mass is 16.9. The molecule has 0 aliphatic heterocycles. The molecule has 144 valence electrons. The van der Waals surface area contributed by atoms with Gasteiger partial charge in [-0.3, -0.25) is 0 Å². The van der Waals surface area contributed by atoms with E-state index in [1.54, 1.807) is 13.2 Å². The predicted octanol–water partition coefficient (Wildman–Crippen LogP) is 4.14. The summed E-state index contributed by atoms with van der Waals surface area (Å²) < 4.78 is 10.5. The third kappa shape index (κ3) is 8.00. The normalized spacial score (nSPS) is 12.0. The number of hydrogen-bond acceptors (Lipinski definition) is 6. The van der Waals surface area contributed by atoms with Gasteiger partial charge in [0.2, 0.25) is 0 Å². The summed E-state index contributed by atoms with van der Waals surface area (Å²) in [6.07, 6.45) is 6.19. The Labute approximate surface area is 154 Å². The lowest BCUT2D eigenvalue weighted by Crippen LogP contribution is -2.06. The van der Waals surface area contributed by atoms with Crippen molar-refractivity contribution >= 4 is 12.0 Å². The highest BCUT2D eigenvalue weighted by molar-refractivity contribution is 5.87. The number of rotatable bonds is 12. The summed E-state index contributed by atoms with van der Waals surface area (Å²) in [4.78, 5) is 25.8. The first-order chi connectivity index (χ1) is 12.5. The van der Waals surface area contributed by atoms with Crippen LogP contribution in [0, 0.1) is 10.1 Å². The Balaban J connectivity index is 2.49. The summed E-state index contributed by atoms with van der Waals surface area (Å²) in [6.45, 7) is 4.52. The Bertz CT molecular complexity index is 614. The van der Waals surface area contributed by atoms with E-state index in [1.165, 1.54) is 6.08 Å². The summed E-state index contributed by atoms with van der Waals surface area (Å²) in [6, 6.07) is 5.88. The number of esters is 1. The molecule has 0 aliphatic carbocycles. The largest absolute Gasteiger partial charge is 0.496 e. The highest BCUT2D eigenvalue weighted by Crippen LogP contribution is 2.30. The van der Waals surface area contributed by atoms with E-state index in [2.05, 4.69) is 18.7 Å². The van der Waals surface area contributed by atoms with Gasteiger partial charge in [0, 0.05) is 6.08 Å². The smallest absolute Gasteiger partial charge is 0.330 e. The number of benzene rings is 1.